The van der Waals surface area contributed by atoms with E-state index in [1.165, 1.54) is 51.4 Å². The van der Waals surface area contributed by atoms with Gasteiger partial charge in [-0.3, -0.25) is 4.99 Å². The molecule has 1 spiro atoms. The van der Waals surface area contributed by atoms with Gasteiger partial charge >= 0.3 is 0 Å². The van der Waals surface area contributed by atoms with Crippen LogP contribution < -0.4 is 5.32 Å². The fourth-order valence-electron chi connectivity index (χ4n) is 4.18. The maximum atomic E-state index is 5.03. The molecular weight excluding hydrogens is 290 g/mol. The molecule has 1 aliphatic carbocycles. The van der Waals surface area contributed by atoms with E-state index in [9.17, 15) is 0 Å². The molecular formula is C17H29N5O. The normalized spacial score (nSPS) is 22.2. The summed E-state index contributed by atoms with van der Waals surface area (Å²) in [6.45, 7) is 4.60. The molecule has 0 amide bonds. The van der Waals surface area contributed by atoms with E-state index in [2.05, 4.69) is 25.3 Å². The highest BCUT2D eigenvalue weighted by atomic mass is 16.5. The first-order valence-corrected chi connectivity index (χ1v) is 8.96. The molecule has 0 bridgehead atoms. The maximum Gasteiger partial charge on any atom is 0.223 e. The third-order valence-electron chi connectivity index (χ3n) is 5.31. The summed E-state index contributed by atoms with van der Waals surface area (Å²) in [5, 5.41) is 7.34. The monoisotopic (exact) mass is 319 g/mol. The molecule has 128 valence electrons. The lowest BCUT2D eigenvalue weighted by atomic mass is 9.74. The van der Waals surface area contributed by atoms with E-state index in [4.69, 9.17) is 4.52 Å². The first kappa shape index (κ1) is 16.3. The number of guanidine groups is 1. The van der Waals surface area contributed by atoms with E-state index in [1.54, 1.807) is 0 Å². The number of hydrogen-bond donors (Lipinski definition) is 1. The standard InChI is InChI=1S/C17H29N5O/c1-14-20-15(21-23-14)12-19-16(18-2)22-11-7-10-17(13-22)8-5-3-4-6-9-17/h3-13H2,1-2H3,(H,18,19). The minimum atomic E-state index is 0.509. The van der Waals surface area contributed by atoms with Crippen LogP contribution in [0.3, 0.4) is 0 Å². The molecule has 6 nitrogen and oxygen atoms in total. The topological polar surface area (TPSA) is 66.5 Å². The predicted octanol–water partition coefficient (Wildman–Crippen LogP) is 2.89. The second kappa shape index (κ2) is 7.32. The van der Waals surface area contributed by atoms with Gasteiger partial charge in [0.25, 0.3) is 0 Å². The Bertz CT molecular complexity index is 531. The second-order valence-electron chi connectivity index (χ2n) is 7.07. The number of aromatic nitrogens is 2. The van der Waals surface area contributed by atoms with E-state index in [0.29, 0.717) is 23.7 Å². The van der Waals surface area contributed by atoms with Crippen LogP contribution in [-0.2, 0) is 6.54 Å². The zero-order valence-electron chi connectivity index (χ0n) is 14.5. The summed E-state index contributed by atoms with van der Waals surface area (Å²) in [6, 6.07) is 0. The molecule has 2 fully saturated rings. The summed E-state index contributed by atoms with van der Waals surface area (Å²) in [7, 11) is 1.86. The minimum absolute atomic E-state index is 0.509. The van der Waals surface area contributed by atoms with Crippen LogP contribution in [-0.4, -0.2) is 41.1 Å². The molecule has 0 aromatic carbocycles. The van der Waals surface area contributed by atoms with Crippen molar-refractivity contribution in [1.29, 1.82) is 0 Å². The first-order chi connectivity index (χ1) is 11.2. The molecule has 2 aliphatic rings. The third kappa shape index (κ3) is 4.03. The summed E-state index contributed by atoms with van der Waals surface area (Å²) >= 11 is 0. The number of aliphatic imine (C=N–C) groups is 1. The van der Waals surface area contributed by atoms with E-state index in [-0.39, 0.29) is 0 Å². The Morgan fingerprint density at radius 3 is 2.61 bits per heavy atom. The van der Waals surface area contributed by atoms with Crippen LogP contribution in [0.5, 0.6) is 0 Å². The molecule has 1 aliphatic heterocycles. The quantitative estimate of drug-likeness (QED) is 0.670. The van der Waals surface area contributed by atoms with Gasteiger partial charge in [0.2, 0.25) is 5.89 Å². The van der Waals surface area contributed by atoms with Gasteiger partial charge in [-0.05, 0) is 31.1 Å². The molecule has 0 radical (unpaired) electrons. The molecule has 23 heavy (non-hydrogen) atoms. The zero-order chi connectivity index (χ0) is 16.1. The summed E-state index contributed by atoms with van der Waals surface area (Å²) in [4.78, 5) is 11.2. The molecule has 1 saturated heterocycles. The van der Waals surface area contributed by atoms with Gasteiger partial charge in [0.1, 0.15) is 0 Å². The number of nitrogens with one attached hydrogen (secondary N) is 1. The molecule has 1 aromatic heterocycles. The average molecular weight is 319 g/mol. The fraction of sp³-hybridized carbons (Fsp3) is 0.824. The highest BCUT2D eigenvalue weighted by molar-refractivity contribution is 5.79. The third-order valence-corrected chi connectivity index (χ3v) is 5.31. The number of hydrogen-bond acceptors (Lipinski definition) is 4. The largest absolute Gasteiger partial charge is 0.349 e. The van der Waals surface area contributed by atoms with Crippen molar-refractivity contribution in [2.24, 2.45) is 10.4 Å². The van der Waals surface area contributed by atoms with E-state index in [0.717, 1.165) is 19.0 Å². The molecule has 2 heterocycles. The fourth-order valence-corrected chi connectivity index (χ4v) is 4.18. The molecule has 6 heteroatoms. The van der Waals surface area contributed by atoms with Gasteiger partial charge in [-0.15, -0.1) is 0 Å². The highest BCUT2D eigenvalue weighted by Crippen LogP contribution is 2.42. The number of piperidine rings is 1. The van der Waals surface area contributed by atoms with Gasteiger partial charge < -0.3 is 14.7 Å². The van der Waals surface area contributed by atoms with Crippen molar-refractivity contribution in [3.63, 3.8) is 0 Å². The first-order valence-electron chi connectivity index (χ1n) is 8.96. The van der Waals surface area contributed by atoms with Crippen LogP contribution in [0.2, 0.25) is 0 Å². The van der Waals surface area contributed by atoms with E-state index >= 15 is 0 Å². The minimum Gasteiger partial charge on any atom is -0.349 e. The van der Waals surface area contributed by atoms with Gasteiger partial charge in [0.05, 0.1) is 6.54 Å². The van der Waals surface area contributed by atoms with E-state index < -0.39 is 0 Å². The summed E-state index contributed by atoms with van der Waals surface area (Å²) in [6.07, 6.45) is 11.0. The Kier molecular flexibility index (Phi) is 5.18. The van der Waals surface area contributed by atoms with Crippen molar-refractivity contribution in [3.8, 4) is 0 Å². The van der Waals surface area contributed by atoms with Gasteiger partial charge in [-0.1, -0.05) is 30.8 Å². The lowest BCUT2D eigenvalue weighted by molar-refractivity contribution is 0.115. The van der Waals surface area contributed by atoms with Crippen molar-refractivity contribution in [2.75, 3.05) is 20.1 Å². The van der Waals surface area contributed by atoms with Crippen LogP contribution >= 0.6 is 0 Å². The van der Waals surface area contributed by atoms with Crippen molar-refractivity contribution in [3.05, 3.63) is 11.7 Å². The Balaban J connectivity index is 1.61. The summed E-state index contributed by atoms with van der Waals surface area (Å²) in [5.41, 5.74) is 0.509. The zero-order valence-corrected chi connectivity index (χ0v) is 14.5. The average Bonchev–Trinajstić information content (AvgIpc) is 2.84. The Labute approximate surface area is 138 Å². The van der Waals surface area contributed by atoms with Gasteiger partial charge in [-0.2, -0.15) is 4.98 Å². The Hall–Kier alpha value is -1.59. The second-order valence-corrected chi connectivity index (χ2v) is 7.07. The van der Waals surface area contributed by atoms with Crippen LogP contribution in [0.15, 0.2) is 9.52 Å². The molecule has 1 aromatic rings. The summed E-state index contributed by atoms with van der Waals surface area (Å²) < 4.78 is 5.03. The number of rotatable bonds is 2. The lowest BCUT2D eigenvalue weighted by Gasteiger charge is -2.44. The van der Waals surface area contributed by atoms with Crippen molar-refractivity contribution < 1.29 is 4.52 Å². The Morgan fingerprint density at radius 1 is 1.22 bits per heavy atom. The van der Waals surface area contributed by atoms with Crippen molar-refractivity contribution in [2.45, 2.75) is 64.8 Å². The molecule has 0 unspecified atom stereocenters. The van der Waals surface area contributed by atoms with Gasteiger partial charge in [0, 0.05) is 27.1 Å². The highest BCUT2D eigenvalue weighted by Gasteiger charge is 2.36. The van der Waals surface area contributed by atoms with Crippen LogP contribution in [0.1, 0.15) is 63.1 Å². The SMILES string of the molecule is CN=C(NCc1noc(C)n1)N1CCCC2(CCCCCC2)C1. The van der Waals surface area contributed by atoms with Crippen LogP contribution in [0, 0.1) is 12.3 Å². The molecule has 0 atom stereocenters. The summed E-state index contributed by atoms with van der Waals surface area (Å²) in [5.74, 6) is 2.26. The van der Waals surface area contributed by atoms with Crippen molar-refractivity contribution in [1.82, 2.24) is 20.4 Å². The Morgan fingerprint density at radius 2 is 1.96 bits per heavy atom. The smallest absolute Gasteiger partial charge is 0.223 e. The molecule has 3 rings (SSSR count). The van der Waals surface area contributed by atoms with Crippen molar-refractivity contribution >= 4 is 5.96 Å². The number of likely N-dealkylation sites (tertiary alicyclic amines) is 1. The molecule has 1 N–H and O–H groups in total. The predicted molar refractivity (Wildman–Crippen MR) is 90.2 cm³/mol. The van der Waals surface area contributed by atoms with Crippen LogP contribution in [0.4, 0.5) is 0 Å². The van der Waals surface area contributed by atoms with Crippen LogP contribution in [0.25, 0.3) is 0 Å². The number of aryl methyl sites for hydroxylation is 1. The van der Waals surface area contributed by atoms with Gasteiger partial charge in [-0.25, -0.2) is 0 Å². The maximum absolute atomic E-state index is 5.03. The van der Waals surface area contributed by atoms with Gasteiger partial charge in [0.15, 0.2) is 11.8 Å². The number of nitrogens with zero attached hydrogens (tertiary/aromatic N) is 4. The molecule has 1 saturated carbocycles. The van der Waals surface area contributed by atoms with E-state index in [1.807, 2.05) is 14.0 Å². The lowest BCUT2D eigenvalue weighted by Crippen LogP contribution is -2.50.